The lowest BCUT2D eigenvalue weighted by Gasteiger charge is -2.35. The molecule has 0 spiro atoms. The highest BCUT2D eigenvalue weighted by atomic mass is 32.1. The molecule has 1 N–H and O–H groups in total. The third kappa shape index (κ3) is 5.28. The van der Waals surface area contributed by atoms with Crippen LogP contribution in [0.3, 0.4) is 0 Å². The van der Waals surface area contributed by atoms with Crippen molar-refractivity contribution in [3.8, 4) is 0 Å². The van der Waals surface area contributed by atoms with E-state index in [9.17, 15) is 9.59 Å². The normalized spacial score (nSPS) is 16.4. The Morgan fingerprint density at radius 3 is 2.32 bits per heavy atom. The second kappa shape index (κ2) is 7.87. The first-order chi connectivity index (χ1) is 11.6. The number of nitrogens with one attached hydrogen (secondary N) is 1. The molecule has 0 aliphatic carbocycles. The third-order valence-electron chi connectivity index (χ3n) is 4.31. The van der Waals surface area contributed by atoms with E-state index in [4.69, 9.17) is 0 Å². The first-order valence-corrected chi connectivity index (χ1v) is 9.83. The number of carbonyl (C=O) groups is 2. The molecule has 25 heavy (non-hydrogen) atoms. The zero-order valence-electron chi connectivity index (χ0n) is 16.3. The molecular weight excluding hydrogens is 334 g/mol. The van der Waals surface area contributed by atoms with Gasteiger partial charge in [-0.15, -0.1) is 11.3 Å². The summed E-state index contributed by atoms with van der Waals surface area (Å²) in [7, 11) is 0. The van der Waals surface area contributed by atoms with Crippen molar-refractivity contribution in [3.05, 3.63) is 16.5 Å². The zero-order chi connectivity index (χ0) is 18.8. The van der Waals surface area contributed by atoms with Gasteiger partial charge < -0.3 is 10.2 Å². The number of aryl methyl sites for hydroxylation is 1. The molecule has 1 aliphatic rings. The second-order valence-corrected chi connectivity index (χ2v) is 9.37. The minimum atomic E-state index is -0.450. The average Bonchev–Trinajstić information content (AvgIpc) is 2.86. The summed E-state index contributed by atoms with van der Waals surface area (Å²) >= 11 is 1.38. The van der Waals surface area contributed by atoms with E-state index in [1.807, 2.05) is 38.7 Å². The van der Waals surface area contributed by atoms with E-state index in [2.05, 4.69) is 24.1 Å². The molecule has 0 bridgehead atoms. The van der Waals surface area contributed by atoms with Gasteiger partial charge in [0.15, 0.2) is 0 Å². The summed E-state index contributed by atoms with van der Waals surface area (Å²) in [6.07, 6.45) is 0. The number of nitrogens with zero attached hydrogens (tertiary/aromatic N) is 2. The van der Waals surface area contributed by atoms with E-state index in [-0.39, 0.29) is 11.8 Å². The number of hydrogen-bond donors (Lipinski definition) is 1. The Kier molecular flexibility index (Phi) is 6.27. The molecule has 2 rings (SSSR count). The number of hydrogen-bond acceptors (Lipinski definition) is 4. The lowest BCUT2D eigenvalue weighted by Crippen LogP contribution is -2.49. The Hall–Kier alpha value is -1.40. The summed E-state index contributed by atoms with van der Waals surface area (Å²) in [6.45, 7) is 16.5. The summed E-state index contributed by atoms with van der Waals surface area (Å²) in [5.41, 5.74) is 0.484. The van der Waals surface area contributed by atoms with Gasteiger partial charge in [-0.25, -0.2) is 0 Å². The Balaban J connectivity index is 2.00. The highest BCUT2D eigenvalue weighted by molar-refractivity contribution is 7.18. The Bertz CT molecular complexity index is 623. The van der Waals surface area contributed by atoms with Crippen LogP contribution in [-0.4, -0.2) is 54.3 Å². The van der Waals surface area contributed by atoms with Crippen molar-refractivity contribution in [1.82, 2.24) is 9.80 Å². The van der Waals surface area contributed by atoms with Gasteiger partial charge in [-0.1, -0.05) is 34.6 Å². The standard InChI is InChI=1S/C19H31N3O2S/c1-13(2)12-21-7-9-22(10-8-21)17(23)16-14(3)11-15(25-16)20-18(24)19(4,5)6/h11,13H,7-10,12H2,1-6H3,(H,20,24). The molecule has 0 saturated carbocycles. The lowest BCUT2D eigenvalue weighted by atomic mass is 9.96. The average molecular weight is 366 g/mol. The second-order valence-electron chi connectivity index (χ2n) is 8.31. The van der Waals surface area contributed by atoms with Gasteiger partial charge >= 0.3 is 0 Å². The molecule has 2 amide bonds. The van der Waals surface area contributed by atoms with E-state index in [1.165, 1.54) is 11.3 Å². The van der Waals surface area contributed by atoms with Crippen LogP contribution < -0.4 is 5.32 Å². The van der Waals surface area contributed by atoms with Crippen LogP contribution in [0.15, 0.2) is 6.07 Å². The molecular formula is C19H31N3O2S. The highest BCUT2D eigenvalue weighted by Gasteiger charge is 2.26. The summed E-state index contributed by atoms with van der Waals surface area (Å²) in [5.74, 6) is 0.703. The topological polar surface area (TPSA) is 52.7 Å². The molecule has 0 atom stereocenters. The molecule has 2 heterocycles. The van der Waals surface area contributed by atoms with Gasteiger partial charge in [0, 0.05) is 38.1 Å². The van der Waals surface area contributed by atoms with Gasteiger partial charge in [-0.05, 0) is 24.5 Å². The number of anilines is 1. The zero-order valence-corrected chi connectivity index (χ0v) is 17.1. The Labute approximate surface area is 155 Å². The maximum Gasteiger partial charge on any atom is 0.264 e. The van der Waals surface area contributed by atoms with Crippen molar-refractivity contribution in [2.75, 3.05) is 38.0 Å². The van der Waals surface area contributed by atoms with Crippen molar-refractivity contribution >= 4 is 28.2 Å². The molecule has 0 aromatic carbocycles. The highest BCUT2D eigenvalue weighted by Crippen LogP contribution is 2.29. The van der Waals surface area contributed by atoms with Crippen molar-refractivity contribution < 1.29 is 9.59 Å². The summed E-state index contributed by atoms with van der Waals surface area (Å²) < 4.78 is 0. The minimum absolute atomic E-state index is 0.0324. The molecule has 1 aromatic heterocycles. The van der Waals surface area contributed by atoms with E-state index >= 15 is 0 Å². The molecule has 0 radical (unpaired) electrons. The number of rotatable bonds is 4. The maximum atomic E-state index is 12.9. The van der Waals surface area contributed by atoms with Crippen molar-refractivity contribution in [2.45, 2.75) is 41.5 Å². The maximum absolute atomic E-state index is 12.9. The monoisotopic (exact) mass is 365 g/mol. The number of carbonyl (C=O) groups excluding carboxylic acids is 2. The summed E-state index contributed by atoms with van der Waals surface area (Å²) in [4.78, 5) is 30.1. The smallest absolute Gasteiger partial charge is 0.264 e. The van der Waals surface area contributed by atoms with Crippen LogP contribution in [0.4, 0.5) is 5.00 Å². The van der Waals surface area contributed by atoms with Crippen LogP contribution in [0.5, 0.6) is 0 Å². The number of piperazine rings is 1. The lowest BCUT2D eigenvalue weighted by molar-refractivity contribution is -0.123. The van der Waals surface area contributed by atoms with E-state index in [0.717, 1.165) is 48.2 Å². The molecule has 5 nitrogen and oxygen atoms in total. The van der Waals surface area contributed by atoms with Gasteiger partial charge in [0.1, 0.15) is 0 Å². The number of thiophene rings is 1. The fourth-order valence-electron chi connectivity index (χ4n) is 2.85. The van der Waals surface area contributed by atoms with Crippen molar-refractivity contribution in [1.29, 1.82) is 0 Å². The molecule has 1 aliphatic heterocycles. The first kappa shape index (κ1) is 19.9. The molecule has 1 saturated heterocycles. The molecule has 140 valence electrons. The van der Waals surface area contributed by atoms with Crippen LogP contribution in [-0.2, 0) is 4.79 Å². The van der Waals surface area contributed by atoms with Crippen molar-refractivity contribution in [2.24, 2.45) is 11.3 Å². The minimum Gasteiger partial charge on any atom is -0.335 e. The van der Waals surface area contributed by atoms with E-state index < -0.39 is 5.41 Å². The van der Waals surface area contributed by atoms with Gasteiger partial charge in [0.25, 0.3) is 5.91 Å². The molecule has 1 fully saturated rings. The molecule has 1 aromatic rings. The molecule has 6 heteroatoms. The fourth-order valence-corrected chi connectivity index (χ4v) is 3.88. The fraction of sp³-hybridized carbons (Fsp3) is 0.684. The SMILES string of the molecule is Cc1cc(NC(=O)C(C)(C)C)sc1C(=O)N1CCN(CC(C)C)CC1. The summed E-state index contributed by atoms with van der Waals surface area (Å²) in [5, 5.41) is 3.68. The van der Waals surface area contributed by atoms with Crippen LogP contribution >= 0.6 is 11.3 Å². The Morgan fingerprint density at radius 1 is 1.20 bits per heavy atom. The largest absolute Gasteiger partial charge is 0.335 e. The van der Waals surface area contributed by atoms with E-state index in [1.54, 1.807) is 0 Å². The van der Waals surface area contributed by atoms with Gasteiger partial charge in [0.05, 0.1) is 9.88 Å². The number of amides is 2. The van der Waals surface area contributed by atoms with Crippen LogP contribution in [0, 0.1) is 18.3 Å². The predicted molar refractivity (Wildman–Crippen MR) is 104 cm³/mol. The van der Waals surface area contributed by atoms with Crippen LogP contribution in [0.2, 0.25) is 0 Å². The van der Waals surface area contributed by atoms with Gasteiger partial charge in [-0.3, -0.25) is 14.5 Å². The van der Waals surface area contributed by atoms with Crippen LogP contribution in [0.1, 0.15) is 49.9 Å². The van der Waals surface area contributed by atoms with Gasteiger partial charge in [-0.2, -0.15) is 0 Å². The predicted octanol–water partition coefficient (Wildman–Crippen LogP) is 3.45. The quantitative estimate of drug-likeness (QED) is 0.889. The third-order valence-corrected chi connectivity index (χ3v) is 5.45. The van der Waals surface area contributed by atoms with Gasteiger partial charge in [0.2, 0.25) is 5.91 Å². The van der Waals surface area contributed by atoms with Crippen molar-refractivity contribution in [3.63, 3.8) is 0 Å². The van der Waals surface area contributed by atoms with E-state index in [0.29, 0.717) is 5.92 Å². The Morgan fingerprint density at radius 2 is 1.80 bits per heavy atom. The molecule has 0 unspecified atom stereocenters. The van der Waals surface area contributed by atoms with Crippen LogP contribution in [0.25, 0.3) is 0 Å². The summed E-state index contributed by atoms with van der Waals surface area (Å²) in [6, 6.07) is 1.90. The first-order valence-electron chi connectivity index (χ1n) is 9.01.